The predicted molar refractivity (Wildman–Crippen MR) is 58.8 cm³/mol. The molecule has 0 aliphatic rings. The van der Waals surface area contributed by atoms with Crippen LogP contribution in [0.1, 0.15) is 29.9 Å². The van der Waals surface area contributed by atoms with Crippen LogP contribution in [0.2, 0.25) is 0 Å². The molecule has 0 aromatic carbocycles. The van der Waals surface area contributed by atoms with Gasteiger partial charge >= 0.3 is 5.97 Å². The van der Waals surface area contributed by atoms with Crippen molar-refractivity contribution >= 4 is 5.97 Å². The summed E-state index contributed by atoms with van der Waals surface area (Å²) < 4.78 is 6.47. The third-order valence-electron chi connectivity index (χ3n) is 2.75. The summed E-state index contributed by atoms with van der Waals surface area (Å²) in [4.78, 5) is 11.4. The van der Waals surface area contributed by atoms with Crippen LogP contribution in [0.4, 0.5) is 0 Å². The van der Waals surface area contributed by atoms with Crippen molar-refractivity contribution < 1.29 is 9.53 Å². The molecule has 0 bridgehead atoms. The van der Waals surface area contributed by atoms with E-state index in [2.05, 4.69) is 19.2 Å². The summed E-state index contributed by atoms with van der Waals surface area (Å²) in [6.45, 7) is 4.12. The van der Waals surface area contributed by atoms with E-state index < -0.39 is 0 Å². The zero-order valence-electron chi connectivity index (χ0n) is 9.92. The fourth-order valence-corrected chi connectivity index (χ4v) is 1.36. The van der Waals surface area contributed by atoms with Crippen LogP contribution >= 0.6 is 0 Å². The maximum atomic E-state index is 11.4. The van der Waals surface area contributed by atoms with Gasteiger partial charge in [0.15, 0.2) is 0 Å². The smallest absolute Gasteiger partial charge is 0.354 e. The van der Waals surface area contributed by atoms with Gasteiger partial charge in [-0.3, -0.25) is 0 Å². The number of nitrogens with zero attached hydrogens (tertiary/aromatic N) is 1. The molecule has 1 aromatic heterocycles. The normalized spacial score (nSPS) is 11.5. The monoisotopic (exact) mass is 210 g/mol. The van der Waals surface area contributed by atoms with Crippen molar-refractivity contribution in [2.24, 2.45) is 7.05 Å². The van der Waals surface area contributed by atoms with Gasteiger partial charge < -0.3 is 14.6 Å². The summed E-state index contributed by atoms with van der Waals surface area (Å²) in [6.07, 6.45) is 1.93. The molecule has 1 heterocycles. The fourth-order valence-electron chi connectivity index (χ4n) is 1.36. The molecule has 0 amide bonds. The van der Waals surface area contributed by atoms with Gasteiger partial charge in [-0.25, -0.2) is 4.79 Å². The first-order valence-corrected chi connectivity index (χ1v) is 4.86. The minimum atomic E-state index is -0.310. The number of esters is 1. The number of aromatic nitrogens is 1. The Balaban J connectivity index is 3.11. The third kappa shape index (κ3) is 2.21. The lowest BCUT2D eigenvalue weighted by molar-refractivity contribution is 0.0590. The summed E-state index contributed by atoms with van der Waals surface area (Å²) in [6, 6.07) is 1.85. The Morgan fingerprint density at radius 1 is 1.53 bits per heavy atom. The van der Waals surface area contributed by atoms with Crippen LogP contribution in [0, 0.1) is 0 Å². The second-order valence-corrected chi connectivity index (χ2v) is 4.09. The zero-order chi connectivity index (χ0) is 11.6. The van der Waals surface area contributed by atoms with E-state index in [9.17, 15) is 4.79 Å². The van der Waals surface area contributed by atoms with Crippen LogP contribution in [0.25, 0.3) is 0 Å². The second-order valence-electron chi connectivity index (χ2n) is 4.09. The van der Waals surface area contributed by atoms with Crippen LogP contribution in [-0.2, 0) is 17.3 Å². The third-order valence-corrected chi connectivity index (χ3v) is 2.75. The fraction of sp³-hybridized carbons (Fsp3) is 0.545. The molecule has 4 heteroatoms. The highest BCUT2D eigenvalue weighted by atomic mass is 16.5. The van der Waals surface area contributed by atoms with Gasteiger partial charge in [-0.15, -0.1) is 0 Å². The van der Waals surface area contributed by atoms with Crippen molar-refractivity contribution in [3.05, 3.63) is 23.5 Å². The molecule has 0 unspecified atom stereocenters. The molecule has 0 saturated carbocycles. The Kier molecular flexibility index (Phi) is 3.19. The van der Waals surface area contributed by atoms with Crippen molar-refractivity contribution in [1.29, 1.82) is 0 Å². The number of rotatable bonds is 3. The molecular formula is C11H18N2O2. The highest BCUT2D eigenvalue weighted by Gasteiger charge is 2.22. The first-order chi connectivity index (χ1) is 6.92. The summed E-state index contributed by atoms with van der Waals surface area (Å²) >= 11 is 0. The Hall–Kier alpha value is -1.29. The molecule has 0 aliphatic carbocycles. The summed E-state index contributed by atoms with van der Waals surface area (Å²) in [5, 5.41) is 3.19. The van der Waals surface area contributed by atoms with Crippen LogP contribution in [-0.4, -0.2) is 24.7 Å². The first-order valence-electron chi connectivity index (χ1n) is 4.86. The van der Waals surface area contributed by atoms with Gasteiger partial charge in [-0.05, 0) is 32.5 Å². The maximum absolute atomic E-state index is 11.4. The molecule has 84 valence electrons. The highest BCUT2D eigenvalue weighted by Crippen LogP contribution is 2.21. The summed E-state index contributed by atoms with van der Waals surface area (Å²) in [5.74, 6) is -0.310. The Morgan fingerprint density at radius 3 is 2.60 bits per heavy atom. The lowest BCUT2D eigenvalue weighted by Gasteiger charge is -2.22. The second kappa shape index (κ2) is 4.06. The Morgan fingerprint density at radius 2 is 2.13 bits per heavy atom. The van der Waals surface area contributed by atoms with Crippen molar-refractivity contribution in [2.45, 2.75) is 19.4 Å². The van der Waals surface area contributed by atoms with E-state index in [4.69, 9.17) is 4.74 Å². The molecule has 1 N–H and O–H groups in total. The molecule has 1 aromatic rings. The lowest BCUT2D eigenvalue weighted by atomic mass is 9.97. The summed E-state index contributed by atoms with van der Waals surface area (Å²) in [5.41, 5.74) is 1.48. The van der Waals surface area contributed by atoms with E-state index in [0.717, 1.165) is 5.56 Å². The minimum Gasteiger partial charge on any atom is -0.464 e. The van der Waals surface area contributed by atoms with Crippen LogP contribution in [0.15, 0.2) is 12.3 Å². The zero-order valence-corrected chi connectivity index (χ0v) is 9.92. The van der Waals surface area contributed by atoms with E-state index in [-0.39, 0.29) is 11.5 Å². The van der Waals surface area contributed by atoms with E-state index in [0.29, 0.717) is 5.69 Å². The van der Waals surface area contributed by atoms with Crippen LogP contribution < -0.4 is 5.32 Å². The van der Waals surface area contributed by atoms with Gasteiger partial charge in [0.2, 0.25) is 0 Å². The van der Waals surface area contributed by atoms with Crippen LogP contribution in [0.3, 0.4) is 0 Å². The van der Waals surface area contributed by atoms with Crippen molar-refractivity contribution in [2.75, 3.05) is 14.2 Å². The number of hydrogen-bond acceptors (Lipinski definition) is 3. The molecule has 0 fully saturated rings. The number of nitrogens with one attached hydrogen (secondary N) is 1. The molecule has 0 saturated heterocycles. The quantitative estimate of drug-likeness (QED) is 0.764. The van der Waals surface area contributed by atoms with Gasteiger partial charge in [0, 0.05) is 18.8 Å². The molecule has 0 atom stereocenters. The standard InChI is InChI=1S/C11H18N2O2/c1-11(2,12-3)8-6-9(10(14)15-5)13(4)7-8/h6-7,12H,1-5H3. The number of ether oxygens (including phenoxy) is 1. The number of methoxy groups -OCH3 is 1. The average Bonchev–Trinajstić information content (AvgIpc) is 2.60. The van der Waals surface area contributed by atoms with Gasteiger partial charge in [-0.1, -0.05) is 0 Å². The molecule has 4 nitrogen and oxygen atoms in total. The Bertz CT molecular complexity index is 367. The highest BCUT2D eigenvalue weighted by molar-refractivity contribution is 5.88. The molecule has 15 heavy (non-hydrogen) atoms. The van der Waals surface area contributed by atoms with Crippen molar-refractivity contribution in [3.63, 3.8) is 0 Å². The Labute approximate surface area is 90.2 Å². The van der Waals surface area contributed by atoms with Crippen molar-refractivity contribution in [1.82, 2.24) is 9.88 Å². The lowest BCUT2D eigenvalue weighted by Crippen LogP contribution is -2.32. The molecule has 0 aliphatic heterocycles. The molecular weight excluding hydrogens is 192 g/mol. The van der Waals surface area contributed by atoms with E-state index >= 15 is 0 Å². The molecule has 1 rings (SSSR count). The van der Waals surface area contributed by atoms with Gasteiger partial charge in [0.25, 0.3) is 0 Å². The van der Waals surface area contributed by atoms with Gasteiger partial charge in [-0.2, -0.15) is 0 Å². The van der Waals surface area contributed by atoms with Crippen molar-refractivity contribution in [3.8, 4) is 0 Å². The number of carbonyl (C=O) groups is 1. The summed E-state index contributed by atoms with van der Waals surface area (Å²) in [7, 11) is 5.12. The first kappa shape index (κ1) is 11.8. The van der Waals surface area contributed by atoms with Gasteiger partial charge in [0.1, 0.15) is 5.69 Å². The van der Waals surface area contributed by atoms with E-state index in [1.54, 1.807) is 4.57 Å². The predicted octanol–water partition coefficient (Wildman–Crippen LogP) is 1.27. The molecule has 0 spiro atoms. The minimum absolute atomic E-state index is 0.149. The number of aryl methyl sites for hydroxylation is 1. The maximum Gasteiger partial charge on any atom is 0.354 e. The average molecular weight is 210 g/mol. The molecule has 0 radical (unpaired) electrons. The van der Waals surface area contributed by atoms with E-state index in [1.807, 2.05) is 26.4 Å². The number of carbonyl (C=O) groups excluding carboxylic acids is 1. The SMILES string of the molecule is CNC(C)(C)c1cc(C(=O)OC)n(C)c1. The van der Waals surface area contributed by atoms with Gasteiger partial charge in [0.05, 0.1) is 7.11 Å². The number of hydrogen-bond donors (Lipinski definition) is 1. The van der Waals surface area contributed by atoms with Crippen LogP contribution in [0.5, 0.6) is 0 Å². The largest absolute Gasteiger partial charge is 0.464 e. The topological polar surface area (TPSA) is 43.3 Å². The van der Waals surface area contributed by atoms with E-state index in [1.165, 1.54) is 7.11 Å².